The van der Waals surface area contributed by atoms with Gasteiger partial charge in [0.25, 0.3) is 0 Å². The molecule has 0 unspecified atom stereocenters. The maximum Gasteiger partial charge on any atom is 0.110 e. The van der Waals surface area contributed by atoms with Crippen molar-refractivity contribution in [2.75, 3.05) is 6.54 Å². The highest BCUT2D eigenvalue weighted by molar-refractivity contribution is 5.79. The Labute approximate surface area is 108 Å². The first-order valence-electron chi connectivity index (χ1n) is 6.57. The Morgan fingerprint density at radius 2 is 2.06 bits per heavy atom. The fourth-order valence-electron chi connectivity index (χ4n) is 2.35. The number of rotatable bonds is 3. The van der Waals surface area contributed by atoms with E-state index in [0.717, 1.165) is 18.4 Å². The number of aliphatic hydroxyl groups is 2. The fourth-order valence-corrected chi connectivity index (χ4v) is 2.35. The summed E-state index contributed by atoms with van der Waals surface area (Å²) >= 11 is 0. The van der Waals surface area contributed by atoms with E-state index in [0.29, 0.717) is 12.8 Å². The maximum atomic E-state index is 10.3. The molecule has 1 fully saturated rings. The van der Waals surface area contributed by atoms with Crippen LogP contribution in [0.5, 0.6) is 0 Å². The standard InChI is InChI=1S/C15H21NO2/c1-12-5-7-13(8-6-12)10-16-11-15(18)9-3-2-4-14(15)17/h5-8,10,14,17-18H,2-4,9,11H2,1H3/t14-,15+/m0/s1. The molecule has 0 heterocycles. The second kappa shape index (κ2) is 5.63. The van der Waals surface area contributed by atoms with Crippen molar-refractivity contribution in [3.05, 3.63) is 35.4 Å². The summed E-state index contributed by atoms with van der Waals surface area (Å²) in [7, 11) is 0. The first kappa shape index (κ1) is 13.2. The Morgan fingerprint density at radius 1 is 1.33 bits per heavy atom. The van der Waals surface area contributed by atoms with E-state index in [-0.39, 0.29) is 6.54 Å². The normalized spacial score (nSPS) is 28.7. The van der Waals surface area contributed by atoms with E-state index in [4.69, 9.17) is 0 Å². The van der Waals surface area contributed by atoms with Crippen LogP contribution >= 0.6 is 0 Å². The zero-order valence-corrected chi connectivity index (χ0v) is 10.8. The van der Waals surface area contributed by atoms with E-state index in [9.17, 15) is 10.2 Å². The van der Waals surface area contributed by atoms with Crippen LogP contribution in [-0.2, 0) is 0 Å². The SMILES string of the molecule is Cc1ccc(C=NC[C@]2(O)CCCC[C@@H]2O)cc1. The molecule has 98 valence electrons. The number of aliphatic imine (C=N–C) groups is 1. The first-order chi connectivity index (χ1) is 8.60. The largest absolute Gasteiger partial charge is 0.390 e. The smallest absolute Gasteiger partial charge is 0.110 e. The Hall–Kier alpha value is -1.19. The van der Waals surface area contributed by atoms with Crippen LogP contribution < -0.4 is 0 Å². The van der Waals surface area contributed by atoms with Gasteiger partial charge in [-0.15, -0.1) is 0 Å². The van der Waals surface area contributed by atoms with Gasteiger partial charge in [0, 0.05) is 6.21 Å². The molecule has 0 bridgehead atoms. The molecule has 0 aromatic heterocycles. The van der Waals surface area contributed by atoms with E-state index in [1.165, 1.54) is 5.56 Å². The molecule has 2 rings (SSSR count). The van der Waals surface area contributed by atoms with E-state index in [2.05, 4.69) is 4.99 Å². The average molecular weight is 247 g/mol. The minimum Gasteiger partial charge on any atom is -0.390 e. The zero-order valence-electron chi connectivity index (χ0n) is 10.8. The molecule has 18 heavy (non-hydrogen) atoms. The summed E-state index contributed by atoms with van der Waals surface area (Å²) in [6, 6.07) is 8.07. The topological polar surface area (TPSA) is 52.8 Å². The highest BCUT2D eigenvalue weighted by Gasteiger charge is 2.37. The zero-order chi connectivity index (χ0) is 13.0. The van der Waals surface area contributed by atoms with Crippen molar-refractivity contribution in [3.63, 3.8) is 0 Å². The number of hydrogen-bond acceptors (Lipinski definition) is 3. The molecule has 0 amide bonds. The summed E-state index contributed by atoms with van der Waals surface area (Å²) in [6.07, 6.45) is 4.40. The molecule has 0 saturated heterocycles. The van der Waals surface area contributed by atoms with Crippen molar-refractivity contribution < 1.29 is 10.2 Å². The van der Waals surface area contributed by atoms with E-state index in [1.54, 1.807) is 6.21 Å². The van der Waals surface area contributed by atoms with Crippen molar-refractivity contribution >= 4 is 6.21 Å². The molecule has 0 spiro atoms. The highest BCUT2D eigenvalue weighted by atomic mass is 16.3. The van der Waals surface area contributed by atoms with Crippen LogP contribution in [0, 0.1) is 6.92 Å². The fraction of sp³-hybridized carbons (Fsp3) is 0.533. The third-order valence-corrected chi connectivity index (χ3v) is 3.64. The molecule has 0 aliphatic heterocycles. The summed E-state index contributed by atoms with van der Waals surface area (Å²) < 4.78 is 0. The van der Waals surface area contributed by atoms with Gasteiger partial charge < -0.3 is 10.2 Å². The van der Waals surface area contributed by atoms with Crippen molar-refractivity contribution in [2.45, 2.75) is 44.3 Å². The van der Waals surface area contributed by atoms with E-state index >= 15 is 0 Å². The third-order valence-electron chi connectivity index (χ3n) is 3.64. The Balaban J connectivity index is 1.96. The van der Waals surface area contributed by atoms with Gasteiger partial charge in [0.15, 0.2) is 0 Å². The molecule has 1 aromatic carbocycles. The van der Waals surface area contributed by atoms with Gasteiger partial charge in [-0.2, -0.15) is 0 Å². The van der Waals surface area contributed by atoms with Gasteiger partial charge in [0.1, 0.15) is 5.60 Å². The third kappa shape index (κ3) is 3.18. The monoisotopic (exact) mass is 247 g/mol. The van der Waals surface area contributed by atoms with Gasteiger partial charge in [-0.1, -0.05) is 42.7 Å². The lowest BCUT2D eigenvalue weighted by molar-refractivity contribution is -0.0921. The molecule has 3 heteroatoms. The molecule has 1 aromatic rings. The van der Waals surface area contributed by atoms with Crippen molar-refractivity contribution in [2.24, 2.45) is 4.99 Å². The second-order valence-electron chi connectivity index (χ2n) is 5.25. The van der Waals surface area contributed by atoms with Gasteiger partial charge in [-0.05, 0) is 25.3 Å². The maximum absolute atomic E-state index is 10.3. The lowest BCUT2D eigenvalue weighted by atomic mass is 9.82. The van der Waals surface area contributed by atoms with Gasteiger partial charge in [0.05, 0.1) is 12.6 Å². The van der Waals surface area contributed by atoms with Crippen LogP contribution in [0.25, 0.3) is 0 Å². The van der Waals surface area contributed by atoms with Crippen LogP contribution in [0.15, 0.2) is 29.3 Å². The average Bonchev–Trinajstić information content (AvgIpc) is 2.36. The molecule has 2 N–H and O–H groups in total. The quantitative estimate of drug-likeness (QED) is 0.803. The summed E-state index contributed by atoms with van der Waals surface area (Å²) in [6.45, 7) is 2.32. The Morgan fingerprint density at radius 3 is 2.72 bits per heavy atom. The molecular weight excluding hydrogens is 226 g/mol. The number of nitrogens with zero attached hydrogens (tertiary/aromatic N) is 1. The van der Waals surface area contributed by atoms with Gasteiger partial charge >= 0.3 is 0 Å². The summed E-state index contributed by atoms with van der Waals surface area (Å²) in [4.78, 5) is 4.28. The van der Waals surface area contributed by atoms with Crippen LogP contribution in [0.2, 0.25) is 0 Å². The van der Waals surface area contributed by atoms with Gasteiger partial charge in [-0.25, -0.2) is 0 Å². The highest BCUT2D eigenvalue weighted by Crippen LogP contribution is 2.28. The van der Waals surface area contributed by atoms with Crippen LogP contribution in [-0.4, -0.2) is 34.7 Å². The van der Waals surface area contributed by atoms with Gasteiger partial charge in [-0.3, -0.25) is 4.99 Å². The minimum atomic E-state index is -1.03. The van der Waals surface area contributed by atoms with Crippen molar-refractivity contribution in [1.82, 2.24) is 0 Å². The van der Waals surface area contributed by atoms with Crippen LogP contribution in [0.1, 0.15) is 36.8 Å². The molecule has 2 atom stereocenters. The minimum absolute atomic E-state index is 0.280. The number of benzene rings is 1. The second-order valence-corrected chi connectivity index (χ2v) is 5.25. The molecule has 3 nitrogen and oxygen atoms in total. The Bertz CT molecular complexity index is 413. The lowest BCUT2D eigenvalue weighted by Crippen LogP contribution is -2.47. The van der Waals surface area contributed by atoms with E-state index < -0.39 is 11.7 Å². The number of aliphatic hydroxyl groups excluding tert-OH is 1. The molecule has 1 saturated carbocycles. The van der Waals surface area contributed by atoms with Crippen LogP contribution in [0.4, 0.5) is 0 Å². The first-order valence-corrected chi connectivity index (χ1v) is 6.57. The summed E-state index contributed by atoms with van der Waals surface area (Å²) in [5, 5.41) is 20.1. The van der Waals surface area contributed by atoms with E-state index in [1.807, 2.05) is 31.2 Å². The summed E-state index contributed by atoms with van der Waals surface area (Å²) in [5.41, 5.74) is 1.21. The molecule has 1 aliphatic carbocycles. The van der Waals surface area contributed by atoms with Crippen molar-refractivity contribution in [3.8, 4) is 0 Å². The predicted octanol–water partition coefficient (Wildman–Crippen LogP) is 2.08. The summed E-state index contributed by atoms with van der Waals surface area (Å²) in [5.74, 6) is 0. The van der Waals surface area contributed by atoms with Crippen LogP contribution in [0.3, 0.4) is 0 Å². The predicted molar refractivity (Wildman–Crippen MR) is 73.1 cm³/mol. The number of hydrogen-bond donors (Lipinski definition) is 2. The number of aryl methyl sites for hydroxylation is 1. The lowest BCUT2D eigenvalue weighted by Gasteiger charge is -2.35. The molecule has 0 radical (unpaired) electrons. The van der Waals surface area contributed by atoms with Gasteiger partial charge in [0.2, 0.25) is 0 Å². The van der Waals surface area contributed by atoms with Crippen molar-refractivity contribution in [1.29, 1.82) is 0 Å². The molecular formula is C15H21NO2. The Kier molecular flexibility index (Phi) is 4.15. The molecule has 1 aliphatic rings.